The highest BCUT2D eigenvalue weighted by Crippen LogP contribution is 2.38. The standard InChI is InChI=1S/C20H21F5N4O/c1-12(26)14-3-2-4-15(9-14)28-18(30)17-16(20(23,24)25)10-27-29(17)11-13-5-7-19(21,22)8-6-13/h2-4,9-10,13H,1,5-8,11,26H2,(H,28,30). The van der Waals surface area contributed by atoms with Gasteiger partial charge in [-0.3, -0.25) is 9.48 Å². The second-order valence-electron chi connectivity index (χ2n) is 7.45. The normalized spacial score (nSPS) is 17.0. The number of hydrogen-bond donors (Lipinski definition) is 2. The van der Waals surface area contributed by atoms with Gasteiger partial charge in [-0.05, 0) is 36.5 Å². The fourth-order valence-corrected chi connectivity index (χ4v) is 3.48. The average Bonchev–Trinajstić information content (AvgIpc) is 3.08. The van der Waals surface area contributed by atoms with E-state index in [0.717, 1.165) is 4.68 Å². The molecule has 0 bridgehead atoms. The first-order valence-electron chi connectivity index (χ1n) is 9.33. The Bertz CT molecular complexity index is 941. The molecule has 2 aromatic rings. The first-order valence-corrected chi connectivity index (χ1v) is 9.33. The molecule has 1 amide bonds. The fourth-order valence-electron chi connectivity index (χ4n) is 3.48. The maximum Gasteiger partial charge on any atom is 0.420 e. The number of hydrogen-bond acceptors (Lipinski definition) is 3. The van der Waals surface area contributed by atoms with Crippen molar-refractivity contribution in [3.8, 4) is 0 Å². The van der Waals surface area contributed by atoms with E-state index in [-0.39, 0.29) is 49.5 Å². The molecular formula is C20H21F5N4O. The van der Waals surface area contributed by atoms with Crippen LogP contribution in [0.3, 0.4) is 0 Å². The first-order chi connectivity index (χ1) is 14.0. The first kappa shape index (κ1) is 21.8. The molecule has 0 unspecified atom stereocenters. The second-order valence-corrected chi connectivity index (χ2v) is 7.45. The molecule has 1 saturated carbocycles. The Morgan fingerprint density at radius 2 is 1.97 bits per heavy atom. The van der Waals surface area contributed by atoms with E-state index < -0.39 is 29.3 Å². The van der Waals surface area contributed by atoms with Gasteiger partial charge in [0.05, 0.1) is 6.20 Å². The minimum absolute atomic E-state index is 0.0471. The third kappa shape index (κ3) is 4.98. The van der Waals surface area contributed by atoms with Crippen LogP contribution in [0.15, 0.2) is 37.0 Å². The van der Waals surface area contributed by atoms with E-state index in [1.165, 1.54) is 12.1 Å². The molecule has 3 N–H and O–H groups in total. The van der Waals surface area contributed by atoms with Crippen molar-refractivity contribution in [3.05, 3.63) is 53.9 Å². The number of alkyl halides is 5. The molecule has 10 heteroatoms. The van der Waals surface area contributed by atoms with Gasteiger partial charge in [0.15, 0.2) is 0 Å². The van der Waals surface area contributed by atoms with Gasteiger partial charge < -0.3 is 11.1 Å². The second kappa shape index (κ2) is 8.08. The highest BCUT2D eigenvalue weighted by molar-refractivity contribution is 6.04. The van der Waals surface area contributed by atoms with Gasteiger partial charge in [0.2, 0.25) is 5.92 Å². The van der Waals surface area contributed by atoms with Crippen LogP contribution >= 0.6 is 0 Å². The minimum Gasteiger partial charge on any atom is -0.399 e. The molecule has 0 saturated heterocycles. The van der Waals surface area contributed by atoms with Crippen LogP contribution in [-0.2, 0) is 12.7 Å². The number of rotatable bonds is 5. The molecular weight excluding hydrogens is 407 g/mol. The lowest BCUT2D eigenvalue weighted by Gasteiger charge is -2.28. The number of aromatic nitrogens is 2. The van der Waals surface area contributed by atoms with Gasteiger partial charge in [-0.25, -0.2) is 8.78 Å². The zero-order valence-corrected chi connectivity index (χ0v) is 16.0. The molecule has 1 aliphatic carbocycles. The predicted molar refractivity (Wildman–Crippen MR) is 102 cm³/mol. The van der Waals surface area contributed by atoms with Gasteiger partial charge in [-0.1, -0.05) is 18.7 Å². The smallest absolute Gasteiger partial charge is 0.399 e. The van der Waals surface area contributed by atoms with Gasteiger partial charge in [0, 0.05) is 30.8 Å². The zero-order chi connectivity index (χ0) is 22.1. The van der Waals surface area contributed by atoms with Crippen LogP contribution < -0.4 is 11.1 Å². The van der Waals surface area contributed by atoms with Gasteiger partial charge in [-0.2, -0.15) is 18.3 Å². The molecule has 30 heavy (non-hydrogen) atoms. The molecule has 0 atom stereocenters. The van der Waals surface area contributed by atoms with Crippen LogP contribution in [0, 0.1) is 5.92 Å². The van der Waals surface area contributed by atoms with E-state index in [1.807, 2.05) is 0 Å². The quantitative estimate of drug-likeness (QED) is 0.665. The van der Waals surface area contributed by atoms with Crippen molar-refractivity contribution in [2.75, 3.05) is 5.32 Å². The number of anilines is 1. The maximum absolute atomic E-state index is 13.5. The third-order valence-corrected chi connectivity index (χ3v) is 5.12. The van der Waals surface area contributed by atoms with Crippen molar-refractivity contribution in [1.82, 2.24) is 9.78 Å². The minimum atomic E-state index is -4.79. The summed E-state index contributed by atoms with van der Waals surface area (Å²) in [6, 6.07) is 6.20. The van der Waals surface area contributed by atoms with Crippen LogP contribution in [0.1, 0.15) is 47.3 Å². The Kier molecular flexibility index (Phi) is 5.87. The molecule has 5 nitrogen and oxygen atoms in total. The number of nitrogens with zero attached hydrogens (tertiary/aromatic N) is 2. The van der Waals surface area contributed by atoms with Crippen molar-refractivity contribution in [1.29, 1.82) is 0 Å². The lowest BCUT2D eigenvalue weighted by atomic mass is 9.87. The Balaban J connectivity index is 1.86. The fraction of sp³-hybridized carbons (Fsp3) is 0.400. The number of nitrogens with one attached hydrogen (secondary N) is 1. The molecule has 1 aromatic heterocycles. The van der Waals surface area contributed by atoms with Crippen molar-refractivity contribution in [2.45, 2.75) is 44.3 Å². The lowest BCUT2D eigenvalue weighted by molar-refractivity contribution is -0.138. The van der Waals surface area contributed by atoms with Crippen LogP contribution in [0.4, 0.5) is 27.6 Å². The van der Waals surface area contributed by atoms with Crippen LogP contribution in [0.5, 0.6) is 0 Å². The van der Waals surface area contributed by atoms with E-state index in [1.54, 1.807) is 12.1 Å². The molecule has 1 fully saturated rings. The van der Waals surface area contributed by atoms with Crippen molar-refractivity contribution in [2.24, 2.45) is 11.7 Å². The largest absolute Gasteiger partial charge is 0.420 e. The Morgan fingerprint density at radius 3 is 2.57 bits per heavy atom. The highest BCUT2D eigenvalue weighted by Gasteiger charge is 2.40. The summed E-state index contributed by atoms with van der Waals surface area (Å²) in [6.45, 7) is 3.53. The van der Waals surface area contributed by atoms with Crippen molar-refractivity contribution < 1.29 is 26.7 Å². The summed E-state index contributed by atoms with van der Waals surface area (Å²) in [5.41, 5.74) is 4.77. The molecule has 0 radical (unpaired) electrons. The predicted octanol–water partition coefficient (Wildman–Crippen LogP) is 4.91. The molecule has 0 spiro atoms. The summed E-state index contributed by atoms with van der Waals surface area (Å²) in [6.07, 6.45) is -4.57. The van der Waals surface area contributed by atoms with E-state index in [9.17, 15) is 26.7 Å². The van der Waals surface area contributed by atoms with Gasteiger partial charge in [0.1, 0.15) is 11.3 Å². The molecule has 162 valence electrons. The summed E-state index contributed by atoms with van der Waals surface area (Å²) < 4.78 is 68.0. The number of halogens is 5. The number of carbonyl (C=O) groups is 1. The monoisotopic (exact) mass is 428 g/mol. The Labute approximate surface area is 169 Å². The van der Waals surface area contributed by atoms with E-state index in [0.29, 0.717) is 11.8 Å². The van der Waals surface area contributed by atoms with E-state index in [4.69, 9.17) is 5.73 Å². The summed E-state index contributed by atoms with van der Waals surface area (Å²) in [7, 11) is 0. The maximum atomic E-state index is 13.5. The van der Waals surface area contributed by atoms with Crippen molar-refractivity contribution >= 4 is 17.3 Å². The summed E-state index contributed by atoms with van der Waals surface area (Å²) in [4.78, 5) is 12.7. The Hall–Kier alpha value is -2.91. The number of nitrogens with two attached hydrogens (primary N) is 1. The molecule has 1 aromatic carbocycles. The van der Waals surface area contributed by atoms with E-state index in [2.05, 4.69) is 17.0 Å². The Morgan fingerprint density at radius 1 is 1.30 bits per heavy atom. The van der Waals surface area contributed by atoms with Crippen LogP contribution in [0.25, 0.3) is 5.70 Å². The average molecular weight is 428 g/mol. The molecule has 3 rings (SSSR count). The number of amides is 1. The summed E-state index contributed by atoms with van der Waals surface area (Å²) in [5, 5.41) is 6.16. The SMILES string of the molecule is C=C(N)c1cccc(NC(=O)c2c(C(F)(F)F)cnn2CC2CCC(F)(F)CC2)c1. The van der Waals surface area contributed by atoms with Gasteiger partial charge in [0.25, 0.3) is 5.91 Å². The highest BCUT2D eigenvalue weighted by atomic mass is 19.4. The molecule has 0 aliphatic heterocycles. The summed E-state index contributed by atoms with van der Waals surface area (Å²) >= 11 is 0. The topological polar surface area (TPSA) is 72.9 Å². The third-order valence-electron chi connectivity index (χ3n) is 5.12. The van der Waals surface area contributed by atoms with E-state index >= 15 is 0 Å². The van der Waals surface area contributed by atoms with Crippen LogP contribution in [0.2, 0.25) is 0 Å². The molecule has 1 aliphatic rings. The number of carbonyl (C=O) groups excluding carboxylic acids is 1. The van der Waals surface area contributed by atoms with Crippen molar-refractivity contribution in [3.63, 3.8) is 0 Å². The molecule has 1 heterocycles. The number of benzene rings is 1. The zero-order valence-electron chi connectivity index (χ0n) is 16.0. The lowest BCUT2D eigenvalue weighted by Crippen LogP contribution is -2.29. The van der Waals surface area contributed by atoms with Gasteiger partial charge in [-0.15, -0.1) is 0 Å². The summed E-state index contributed by atoms with van der Waals surface area (Å²) in [5.74, 6) is -4.04. The van der Waals surface area contributed by atoms with Crippen LogP contribution in [-0.4, -0.2) is 21.6 Å². The van der Waals surface area contributed by atoms with Gasteiger partial charge >= 0.3 is 6.18 Å².